The quantitative estimate of drug-likeness (QED) is 0.836. The highest BCUT2D eigenvalue weighted by atomic mass is 35.5. The van der Waals surface area contributed by atoms with Crippen molar-refractivity contribution in [2.75, 3.05) is 18.4 Å². The van der Waals surface area contributed by atoms with Crippen molar-refractivity contribution in [1.29, 1.82) is 0 Å². The van der Waals surface area contributed by atoms with Crippen LogP contribution >= 0.6 is 23.2 Å². The Kier molecular flexibility index (Phi) is 3.73. The van der Waals surface area contributed by atoms with Crippen molar-refractivity contribution < 1.29 is 0 Å². The maximum absolute atomic E-state index is 6.08. The first-order valence-corrected chi connectivity index (χ1v) is 5.93. The highest BCUT2D eigenvalue weighted by Gasteiger charge is 2.13. The van der Waals surface area contributed by atoms with Crippen molar-refractivity contribution >= 4 is 28.9 Å². The first-order chi connectivity index (χ1) is 7.25. The van der Waals surface area contributed by atoms with E-state index in [9.17, 15) is 0 Å². The number of piperidine rings is 1. The monoisotopic (exact) mass is 244 g/mol. The van der Waals surface area contributed by atoms with Crippen LogP contribution < -0.4 is 10.6 Å². The molecule has 0 spiro atoms. The van der Waals surface area contributed by atoms with Crippen LogP contribution in [0.2, 0.25) is 10.0 Å². The summed E-state index contributed by atoms with van der Waals surface area (Å²) in [4.78, 5) is 0. The van der Waals surface area contributed by atoms with Crippen LogP contribution in [-0.2, 0) is 0 Å². The van der Waals surface area contributed by atoms with Crippen molar-refractivity contribution in [2.24, 2.45) is 0 Å². The lowest BCUT2D eigenvalue weighted by Gasteiger charge is -2.25. The van der Waals surface area contributed by atoms with Gasteiger partial charge in [-0.15, -0.1) is 0 Å². The molecule has 0 unspecified atom stereocenters. The summed E-state index contributed by atoms with van der Waals surface area (Å²) in [6.45, 7) is 2.13. The summed E-state index contributed by atoms with van der Waals surface area (Å²) in [7, 11) is 0. The highest BCUT2D eigenvalue weighted by Crippen LogP contribution is 2.26. The second-order valence-electron chi connectivity index (χ2n) is 3.79. The van der Waals surface area contributed by atoms with E-state index >= 15 is 0 Å². The van der Waals surface area contributed by atoms with Gasteiger partial charge < -0.3 is 10.6 Å². The highest BCUT2D eigenvalue weighted by molar-refractivity contribution is 6.35. The molecule has 1 aliphatic heterocycles. The molecule has 2 N–H and O–H groups in total. The Bertz CT molecular complexity index is 335. The fourth-order valence-electron chi connectivity index (χ4n) is 1.79. The molecule has 1 fully saturated rings. The molecule has 1 aliphatic rings. The molecular weight excluding hydrogens is 231 g/mol. The summed E-state index contributed by atoms with van der Waals surface area (Å²) in [5.41, 5.74) is 0.941. The molecule has 2 rings (SSSR count). The Hall–Kier alpha value is -0.440. The number of hydrogen-bond donors (Lipinski definition) is 2. The Morgan fingerprint density at radius 3 is 2.67 bits per heavy atom. The minimum Gasteiger partial charge on any atom is -0.381 e. The zero-order valence-corrected chi connectivity index (χ0v) is 9.91. The zero-order chi connectivity index (χ0) is 10.7. The molecule has 1 saturated heterocycles. The minimum absolute atomic E-state index is 0.502. The molecule has 1 aromatic rings. The number of hydrogen-bond acceptors (Lipinski definition) is 2. The average molecular weight is 245 g/mol. The van der Waals surface area contributed by atoms with Gasteiger partial charge in [0.2, 0.25) is 0 Å². The predicted molar refractivity (Wildman–Crippen MR) is 66.0 cm³/mol. The summed E-state index contributed by atoms with van der Waals surface area (Å²) in [6.07, 6.45) is 2.26. The Balaban J connectivity index is 2.05. The summed E-state index contributed by atoms with van der Waals surface area (Å²) in [5.74, 6) is 0. The standard InChI is InChI=1S/C11H14Cl2N2/c12-8-1-2-10(13)11(7-8)15-9-3-5-14-6-4-9/h1-2,7,9,14-15H,3-6H2. The van der Waals surface area contributed by atoms with Gasteiger partial charge in [0.15, 0.2) is 0 Å². The third-order valence-corrected chi connectivity index (χ3v) is 3.19. The second kappa shape index (κ2) is 5.06. The average Bonchev–Trinajstić information content (AvgIpc) is 2.25. The molecule has 0 bridgehead atoms. The van der Waals surface area contributed by atoms with E-state index in [0.717, 1.165) is 41.7 Å². The molecule has 0 saturated carbocycles. The first kappa shape index (κ1) is 11.1. The van der Waals surface area contributed by atoms with Crippen molar-refractivity contribution in [3.8, 4) is 0 Å². The van der Waals surface area contributed by atoms with Crippen molar-refractivity contribution in [3.05, 3.63) is 28.2 Å². The summed E-state index contributed by atoms with van der Waals surface area (Å²) < 4.78 is 0. The first-order valence-electron chi connectivity index (χ1n) is 5.18. The molecule has 2 nitrogen and oxygen atoms in total. The van der Waals surface area contributed by atoms with E-state index in [2.05, 4.69) is 10.6 Å². The molecule has 0 radical (unpaired) electrons. The van der Waals surface area contributed by atoms with E-state index in [-0.39, 0.29) is 0 Å². The molecule has 0 atom stereocenters. The van der Waals surface area contributed by atoms with E-state index in [1.54, 1.807) is 6.07 Å². The van der Waals surface area contributed by atoms with E-state index in [4.69, 9.17) is 23.2 Å². The fraction of sp³-hybridized carbons (Fsp3) is 0.455. The van der Waals surface area contributed by atoms with Crippen LogP contribution in [0, 0.1) is 0 Å². The van der Waals surface area contributed by atoms with Crippen LogP contribution in [0.5, 0.6) is 0 Å². The van der Waals surface area contributed by atoms with Gasteiger partial charge in [0, 0.05) is 11.1 Å². The van der Waals surface area contributed by atoms with Crippen molar-refractivity contribution in [1.82, 2.24) is 5.32 Å². The maximum atomic E-state index is 6.08. The molecule has 0 aliphatic carbocycles. The van der Waals surface area contributed by atoms with Crippen molar-refractivity contribution in [2.45, 2.75) is 18.9 Å². The number of benzene rings is 1. The van der Waals surface area contributed by atoms with Crippen LogP contribution in [0.15, 0.2) is 18.2 Å². The molecule has 0 amide bonds. The Labute approximate surface area is 100.0 Å². The molecule has 1 aromatic carbocycles. The van der Waals surface area contributed by atoms with Crippen LogP contribution in [-0.4, -0.2) is 19.1 Å². The largest absolute Gasteiger partial charge is 0.381 e. The summed E-state index contributed by atoms with van der Waals surface area (Å²) in [5, 5.41) is 8.21. The topological polar surface area (TPSA) is 24.1 Å². The van der Waals surface area contributed by atoms with Gasteiger partial charge in [0.05, 0.1) is 10.7 Å². The van der Waals surface area contributed by atoms with Crippen LogP contribution in [0.3, 0.4) is 0 Å². The number of nitrogens with one attached hydrogen (secondary N) is 2. The van der Waals surface area contributed by atoms with Gasteiger partial charge in [-0.25, -0.2) is 0 Å². The number of halogens is 2. The minimum atomic E-state index is 0.502. The van der Waals surface area contributed by atoms with Gasteiger partial charge >= 0.3 is 0 Å². The van der Waals surface area contributed by atoms with Crippen LogP contribution in [0.25, 0.3) is 0 Å². The second-order valence-corrected chi connectivity index (χ2v) is 4.64. The van der Waals surface area contributed by atoms with E-state index in [1.165, 1.54) is 0 Å². The molecule has 4 heteroatoms. The maximum Gasteiger partial charge on any atom is 0.0638 e. The van der Waals surface area contributed by atoms with E-state index < -0.39 is 0 Å². The third kappa shape index (κ3) is 3.00. The number of anilines is 1. The lowest BCUT2D eigenvalue weighted by atomic mass is 10.1. The van der Waals surface area contributed by atoms with Gasteiger partial charge in [-0.3, -0.25) is 0 Å². The fourth-order valence-corrected chi connectivity index (χ4v) is 2.14. The third-order valence-electron chi connectivity index (χ3n) is 2.63. The van der Waals surface area contributed by atoms with Gasteiger partial charge in [-0.1, -0.05) is 23.2 Å². The molecular formula is C11H14Cl2N2. The molecule has 15 heavy (non-hydrogen) atoms. The lowest BCUT2D eigenvalue weighted by Crippen LogP contribution is -2.35. The SMILES string of the molecule is Clc1ccc(Cl)c(NC2CCNCC2)c1. The van der Waals surface area contributed by atoms with E-state index in [1.807, 2.05) is 12.1 Å². The molecule has 82 valence electrons. The van der Waals surface area contributed by atoms with Gasteiger partial charge in [0.25, 0.3) is 0 Å². The van der Waals surface area contributed by atoms with Gasteiger partial charge in [0.1, 0.15) is 0 Å². The smallest absolute Gasteiger partial charge is 0.0638 e. The molecule has 0 aromatic heterocycles. The van der Waals surface area contributed by atoms with Crippen LogP contribution in [0.4, 0.5) is 5.69 Å². The number of rotatable bonds is 2. The summed E-state index contributed by atoms with van der Waals surface area (Å²) in [6, 6.07) is 6.01. The van der Waals surface area contributed by atoms with Gasteiger partial charge in [-0.2, -0.15) is 0 Å². The Morgan fingerprint density at radius 2 is 1.93 bits per heavy atom. The normalized spacial score (nSPS) is 17.7. The lowest BCUT2D eigenvalue weighted by molar-refractivity contribution is 0.479. The molecule has 1 heterocycles. The van der Waals surface area contributed by atoms with Crippen molar-refractivity contribution in [3.63, 3.8) is 0 Å². The Morgan fingerprint density at radius 1 is 1.20 bits per heavy atom. The zero-order valence-electron chi connectivity index (χ0n) is 8.39. The van der Waals surface area contributed by atoms with Gasteiger partial charge in [-0.05, 0) is 44.1 Å². The van der Waals surface area contributed by atoms with Crippen LogP contribution in [0.1, 0.15) is 12.8 Å². The predicted octanol–water partition coefficient (Wildman–Crippen LogP) is 3.16. The summed E-state index contributed by atoms with van der Waals surface area (Å²) >= 11 is 12.0. The van der Waals surface area contributed by atoms with E-state index in [0.29, 0.717) is 6.04 Å².